The number of carbonyl (C=O) groups excluding carboxylic acids is 8. The Morgan fingerprint density at radius 1 is 0.729 bits per heavy atom. The molecule has 8 atom stereocenters. The molecule has 266 valence electrons. The molecular weight excluding hydrogens is 632 g/mol. The summed E-state index contributed by atoms with van der Waals surface area (Å²) >= 11 is 0. The lowest BCUT2D eigenvalue weighted by atomic mass is 9.72. The molecule has 0 aromatic heterocycles. The summed E-state index contributed by atoms with van der Waals surface area (Å²) in [6, 6.07) is 0. The third kappa shape index (κ3) is 8.56. The summed E-state index contributed by atoms with van der Waals surface area (Å²) in [5.41, 5.74) is -6.09. The van der Waals surface area contributed by atoms with Crippen LogP contribution in [0.2, 0.25) is 0 Å². The van der Waals surface area contributed by atoms with Gasteiger partial charge in [0.15, 0.2) is 35.0 Å². The smallest absolute Gasteiger partial charge is 0.309 e. The van der Waals surface area contributed by atoms with Gasteiger partial charge in [0.25, 0.3) is 0 Å². The van der Waals surface area contributed by atoms with Crippen molar-refractivity contribution in [2.75, 3.05) is 0 Å². The lowest BCUT2D eigenvalue weighted by molar-refractivity contribution is -0.191. The Morgan fingerprint density at radius 3 is 1.69 bits per heavy atom. The van der Waals surface area contributed by atoms with E-state index in [0.29, 0.717) is 0 Å². The van der Waals surface area contributed by atoms with Crippen LogP contribution < -0.4 is 0 Å². The molecule has 0 heterocycles. The Balaban J connectivity index is 3.22. The van der Waals surface area contributed by atoms with Crippen LogP contribution in [-0.2, 0) is 66.8 Å². The number of allylic oxidation sites excluding steroid dienone is 2. The van der Waals surface area contributed by atoms with E-state index in [4.69, 9.17) is 28.4 Å². The first kappa shape index (κ1) is 39.8. The number of carbonyl (C=O) groups is 8. The minimum absolute atomic E-state index is 0.387. The van der Waals surface area contributed by atoms with Gasteiger partial charge in [-0.05, 0) is 20.8 Å². The lowest BCUT2D eigenvalue weighted by Crippen LogP contribution is -2.58. The molecule has 0 aliphatic heterocycles. The van der Waals surface area contributed by atoms with Gasteiger partial charge < -0.3 is 28.4 Å². The van der Waals surface area contributed by atoms with Crippen LogP contribution in [0, 0.1) is 23.2 Å². The van der Waals surface area contributed by atoms with Crippen molar-refractivity contribution < 1.29 is 66.8 Å². The number of ether oxygens (including phenoxy) is 6. The predicted molar refractivity (Wildman–Crippen MR) is 165 cm³/mol. The van der Waals surface area contributed by atoms with Crippen LogP contribution in [0.25, 0.3) is 0 Å². The van der Waals surface area contributed by atoms with Crippen LogP contribution in [0.1, 0.15) is 82.6 Å². The monoisotopic (exact) mass is 678 g/mol. The van der Waals surface area contributed by atoms with E-state index in [9.17, 15) is 38.4 Å². The zero-order chi connectivity index (χ0) is 37.1. The molecule has 2 aliphatic carbocycles. The average Bonchev–Trinajstić information content (AvgIpc) is 3.15. The van der Waals surface area contributed by atoms with E-state index in [0.717, 1.165) is 34.6 Å². The SMILES string of the molecule is C=C1[C@H](OC(C)=O)[C@H]2[C@@H](OC(C)=O)[C@](C)(OC(C)=O)C[C@]2(OC(C)=O)C(=O)[C@H](C)/C=C/C(C)(C)C(=O)[C@H](OC(=O)C(C)C)[C@H]1OC(C)=O. The van der Waals surface area contributed by atoms with Crippen molar-refractivity contribution >= 4 is 47.4 Å². The van der Waals surface area contributed by atoms with Gasteiger partial charge in [-0.15, -0.1) is 0 Å². The molecule has 0 spiro atoms. The topological polar surface area (TPSA) is 192 Å². The number of hydrogen-bond donors (Lipinski definition) is 0. The third-order valence-corrected chi connectivity index (χ3v) is 8.23. The average molecular weight is 679 g/mol. The van der Waals surface area contributed by atoms with Crippen LogP contribution in [0.5, 0.6) is 0 Å². The summed E-state index contributed by atoms with van der Waals surface area (Å²) in [4.78, 5) is 105. The first-order valence-corrected chi connectivity index (χ1v) is 15.5. The number of Topliss-reactive ketones (excluding diaryl/α,β-unsaturated/α-hetero) is 2. The maximum Gasteiger partial charge on any atom is 0.309 e. The van der Waals surface area contributed by atoms with E-state index in [1.165, 1.54) is 53.7 Å². The van der Waals surface area contributed by atoms with Crippen molar-refractivity contribution in [1.29, 1.82) is 0 Å². The van der Waals surface area contributed by atoms with E-state index >= 15 is 0 Å². The minimum atomic E-state index is -2.35. The molecular formula is C34H46O14. The van der Waals surface area contributed by atoms with Crippen molar-refractivity contribution in [3.8, 4) is 0 Å². The maximum absolute atomic E-state index is 14.7. The fourth-order valence-electron chi connectivity index (χ4n) is 6.28. The molecule has 2 rings (SSSR count). The number of ketones is 2. The molecule has 0 bridgehead atoms. The molecule has 0 aromatic carbocycles. The first-order chi connectivity index (χ1) is 21.9. The predicted octanol–water partition coefficient (Wildman–Crippen LogP) is 2.92. The Hall–Kier alpha value is -4.36. The zero-order valence-corrected chi connectivity index (χ0v) is 29.3. The van der Waals surface area contributed by atoms with Gasteiger partial charge in [-0.1, -0.05) is 39.5 Å². The molecule has 1 fully saturated rings. The van der Waals surface area contributed by atoms with Crippen LogP contribution in [0.15, 0.2) is 24.3 Å². The summed E-state index contributed by atoms with van der Waals surface area (Å²) in [7, 11) is 0. The molecule has 0 aromatic rings. The number of fused-ring (bicyclic) bond motifs is 1. The van der Waals surface area contributed by atoms with Gasteiger partial charge in [-0.25, -0.2) is 0 Å². The maximum atomic E-state index is 14.7. The van der Waals surface area contributed by atoms with E-state index < -0.39 is 113 Å². The highest BCUT2D eigenvalue weighted by Crippen LogP contribution is 2.54. The number of hydrogen-bond acceptors (Lipinski definition) is 14. The van der Waals surface area contributed by atoms with Gasteiger partial charge >= 0.3 is 35.8 Å². The van der Waals surface area contributed by atoms with Gasteiger partial charge in [0.2, 0.25) is 6.10 Å². The zero-order valence-electron chi connectivity index (χ0n) is 29.3. The van der Waals surface area contributed by atoms with Gasteiger partial charge in [-0.2, -0.15) is 0 Å². The Kier molecular flexibility index (Phi) is 12.3. The van der Waals surface area contributed by atoms with Gasteiger partial charge in [0.05, 0.1) is 11.8 Å². The molecule has 1 saturated carbocycles. The van der Waals surface area contributed by atoms with Gasteiger partial charge in [-0.3, -0.25) is 38.4 Å². The normalized spacial score (nSPS) is 32.5. The van der Waals surface area contributed by atoms with Gasteiger partial charge in [0, 0.05) is 57.9 Å². The van der Waals surface area contributed by atoms with Crippen LogP contribution in [0.4, 0.5) is 0 Å². The third-order valence-electron chi connectivity index (χ3n) is 8.23. The molecule has 0 unspecified atom stereocenters. The largest absolute Gasteiger partial charge is 0.458 e. The van der Waals surface area contributed by atoms with Crippen molar-refractivity contribution in [2.24, 2.45) is 23.2 Å². The molecule has 0 amide bonds. The minimum Gasteiger partial charge on any atom is -0.458 e. The second-order valence-corrected chi connectivity index (χ2v) is 13.4. The highest BCUT2D eigenvalue weighted by molar-refractivity contribution is 5.96. The highest BCUT2D eigenvalue weighted by Gasteiger charge is 2.72. The highest BCUT2D eigenvalue weighted by atomic mass is 16.6. The van der Waals surface area contributed by atoms with Gasteiger partial charge in [0.1, 0.15) is 6.10 Å². The molecule has 0 N–H and O–H groups in total. The molecule has 48 heavy (non-hydrogen) atoms. The van der Waals surface area contributed by atoms with Crippen molar-refractivity contribution in [3.05, 3.63) is 24.3 Å². The summed E-state index contributed by atoms with van der Waals surface area (Å²) in [6.07, 6.45) is -5.03. The van der Waals surface area contributed by atoms with E-state index in [1.807, 2.05) is 0 Å². The Bertz CT molecular complexity index is 1410. The van der Waals surface area contributed by atoms with Crippen LogP contribution in [0.3, 0.4) is 0 Å². The molecule has 14 heteroatoms. The molecule has 0 saturated heterocycles. The van der Waals surface area contributed by atoms with E-state index in [2.05, 4.69) is 6.58 Å². The summed E-state index contributed by atoms with van der Waals surface area (Å²) in [5, 5.41) is 0. The molecule has 0 radical (unpaired) electrons. The standard InChI is InChI=1S/C34H46O14/c1-16(2)31(42)46-27-26(44-20(6)36)18(4)25(43-19(5)35)24-30(45-21(7)37)33(12,47-22(8)38)15-34(24,48-23(9)39)28(40)17(3)13-14-32(10,11)29(27)41/h13-14,16-17,24-27,30H,4,15H2,1-3,5-12H3/b14-13+/t17-,24+,25+,26+,27-,30-,33-,34-/m1/s1. The molecule has 2 aliphatic rings. The lowest BCUT2D eigenvalue weighted by Gasteiger charge is -2.42. The first-order valence-electron chi connectivity index (χ1n) is 15.5. The summed E-state index contributed by atoms with van der Waals surface area (Å²) in [5.74, 6) is -10.6. The van der Waals surface area contributed by atoms with Crippen molar-refractivity contribution in [1.82, 2.24) is 0 Å². The van der Waals surface area contributed by atoms with E-state index in [1.54, 1.807) is 0 Å². The Labute approximate surface area is 279 Å². The number of rotatable bonds is 7. The van der Waals surface area contributed by atoms with Crippen LogP contribution >= 0.6 is 0 Å². The second-order valence-electron chi connectivity index (χ2n) is 13.4. The summed E-state index contributed by atoms with van der Waals surface area (Å²) in [6.45, 7) is 18.0. The quantitative estimate of drug-likeness (QED) is 0.217. The van der Waals surface area contributed by atoms with Crippen molar-refractivity contribution in [2.45, 2.75) is 118 Å². The fraction of sp³-hybridized carbons (Fsp3) is 0.647. The number of esters is 6. The summed E-state index contributed by atoms with van der Waals surface area (Å²) < 4.78 is 34.2. The fourth-order valence-corrected chi connectivity index (χ4v) is 6.28. The molecule has 14 nitrogen and oxygen atoms in total. The van der Waals surface area contributed by atoms with Crippen molar-refractivity contribution in [3.63, 3.8) is 0 Å². The Morgan fingerprint density at radius 2 is 1.23 bits per heavy atom. The van der Waals surface area contributed by atoms with Crippen LogP contribution in [-0.4, -0.2) is 83.0 Å². The van der Waals surface area contributed by atoms with E-state index in [-0.39, 0.29) is 5.57 Å². The second kappa shape index (κ2) is 14.8.